The van der Waals surface area contributed by atoms with E-state index in [1.54, 1.807) is 0 Å². The molecular weight excluding hydrogens is 470 g/mol. The van der Waals surface area contributed by atoms with Gasteiger partial charge in [0.15, 0.2) is 0 Å². The largest absolute Gasteiger partial charge is 0.495 e. The highest BCUT2D eigenvalue weighted by Gasteiger charge is 2.26. The van der Waals surface area contributed by atoms with Gasteiger partial charge in [-0.1, -0.05) is 12.1 Å². The molecule has 0 atom stereocenters. The monoisotopic (exact) mass is 490 g/mol. The fraction of sp³-hybridized carbons (Fsp3) is 0.222. The molecule has 6 N–H and O–H groups in total. The van der Waals surface area contributed by atoms with Gasteiger partial charge < -0.3 is 35.5 Å². The average molecular weight is 490 g/mol. The van der Waals surface area contributed by atoms with Crippen molar-refractivity contribution < 1.29 is 44.3 Å². The third-order valence-electron chi connectivity index (χ3n) is 4.60. The zero-order chi connectivity index (χ0) is 26.1. The van der Waals surface area contributed by atoms with E-state index in [0.717, 1.165) is 24.3 Å². The molecule has 0 radical (unpaired) electrons. The van der Waals surface area contributed by atoms with Gasteiger partial charge in [-0.05, 0) is 12.1 Å². The molecule has 17 heteroatoms. The lowest BCUT2D eigenvalue weighted by Gasteiger charge is -2.09. The molecule has 0 saturated carbocycles. The van der Waals surface area contributed by atoms with Crippen LogP contribution in [0.2, 0.25) is 0 Å². The maximum atomic E-state index is 12.1. The molecule has 0 fully saturated rings. The SMILES string of the molecule is O=C(NCCOCCNC(=O)c1ccc(B(O)O)c([N+](=O)[O-])c1)c1ccc(B(O)O)c([N+](=O)[O-])c1. The number of nitro groups is 2. The van der Waals surface area contributed by atoms with E-state index in [1.807, 2.05) is 0 Å². The van der Waals surface area contributed by atoms with E-state index >= 15 is 0 Å². The van der Waals surface area contributed by atoms with Crippen LogP contribution in [-0.2, 0) is 4.74 Å². The Morgan fingerprint density at radius 1 is 0.771 bits per heavy atom. The molecule has 2 rings (SSSR count). The molecule has 0 aromatic heterocycles. The molecule has 2 aromatic carbocycles. The first-order chi connectivity index (χ1) is 16.5. The second-order valence-corrected chi connectivity index (χ2v) is 6.93. The summed E-state index contributed by atoms with van der Waals surface area (Å²) in [6.07, 6.45) is 0. The van der Waals surface area contributed by atoms with Crippen LogP contribution in [0, 0.1) is 20.2 Å². The van der Waals surface area contributed by atoms with Crippen LogP contribution >= 0.6 is 0 Å². The first-order valence-corrected chi connectivity index (χ1v) is 9.96. The second kappa shape index (κ2) is 12.5. The van der Waals surface area contributed by atoms with Crippen LogP contribution < -0.4 is 21.6 Å². The number of carbonyl (C=O) groups is 2. The predicted octanol–water partition coefficient (Wildman–Crippen LogP) is -2.96. The lowest BCUT2D eigenvalue weighted by Crippen LogP contribution is -2.34. The van der Waals surface area contributed by atoms with Crippen LogP contribution in [0.5, 0.6) is 0 Å². The Labute approximate surface area is 197 Å². The van der Waals surface area contributed by atoms with Gasteiger partial charge in [0, 0.05) is 36.3 Å². The van der Waals surface area contributed by atoms with Crippen LogP contribution in [-0.4, -0.2) is 82.3 Å². The minimum Gasteiger partial charge on any atom is -0.423 e. The Hall–Kier alpha value is -3.89. The van der Waals surface area contributed by atoms with Gasteiger partial charge in [-0.25, -0.2) is 0 Å². The molecule has 15 nitrogen and oxygen atoms in total. The number of amides is 2. The fourth-order valence-electron chi connectivity index (χ4n) is 2.90. The minimum absolute atomic E-state index is 0.0299. The molecule has 35 heavy (non-hydrogen) atoms. The maximum Gasteiger partial charge on any atom is 0.495 e. The normalized spacial score (nSPS) is 10.4. The number of nitrogens with one attached hydrogen (secondary N) is 2. The van der Waals surface area contributed by atoms with Gasteiger partial charge >= 0.3 is 14.2 Å². The third kappa shape index (κ3) is 7.56. The van der Waals surface area contributed by atoms with Gasteiger partial charge in [0.25, 0.3) is 23.2 Å². The quantitative estimate of drug-likeness (QED) is 0.0761. The van der Waals surface area contributed by atoms with Gasteiger partial charge in [-0.15, -0.1) is 0 Å². The van der Waals surface area contributed by atoms with Crippen molar-refractivity contribution in [1.82, 2.24) is 10.6 Å². The lowest BCUT2D eigenvalue weighted by atomic mass is 9.78. The molecule has 0 heterocycles. The van der Waals surface area contributed by atoms with Crippen molar-refractivity contribution in [3.05, 3.63) is 67.8 Å². The molecule has 2 amide bonds. The number of benzene rings is 2. The summed E-state index contributed by atoms with van der Waals surface area (Å²) in [5.41, 5.74) is -2.08. The molecule has 2 aromatic rings. The van der Waals surface area contributed by atoms with E-state index in [1.165, 1.54) is 12.1 Å². The van der Waals surface area contributed by atoms with E-state index in [-0.39, 0.29) is 48.4 Å². The molecule has 0 unspecified atom stereocenters. The molecular formula is C18H20B2N4O11. The van der Waals surface area contributed by atoms with Gasteiger partial charge in [0.05, 0.1) is 34.0 Å². The first-order valence-electron chi connectivity index (χ1n) is 9.96. The summed E-state index contributed by atoms with van der Waals surface area (Å²) in [7, 11) is -4.13. The molecule has 184 valence electrons. The summed E-state index contributed by atoms with van der Waals surface area (Å²) in [6.45, 7) is 0.127. The van der Waals surface area contributed by atoms with E-state index in [2.05, 4.69) is 10.6 Å². The molecule has 0 aliphatic heterocycles. The molecule has 0 spiro atoms. The van der Waals surface area contributed by atoms with Gasteiger partial charge in [-0.2, -0.15) is 0 Å². The zero-order valence-corrected chi connectivity index (χ0v) is 18.0. The number of ether oxygens (including phenoxy) is 1. The number of hydrogen-bond acceptors (Lipinski definition) is 11. The number of nitro benzene ring substituents is 2. The van der Waals surface area contributed by atoms with E-state index in [9.17, 15) is 29.8 Å². The lowest BCUT2D eigenvalue weighted by molar-refractivity contribution is -0.383. The number of nitrogens with zero attached hydrogens (tertiary/aromatic N) is 2. The van der Waals surface area contributed by atoms with Crippen molar-refractivity contribution >= 4 is 48.4 Å². The predicted molar refractivity (Wildman–Crippen MR) is 121 cm³/mol. The molecule has 0 saturated heterocycles. The van der Waals surface area contributed by atoms with Crippen LogP contribution in [0.3, 0.4) is 0 Å². The van der Waals surface area contributed by atoms with Crippen LogP contribution in [0.4, 0.5) is 11.4 Å². The highest BCUT2D eigenvalue weighted by atomic mass is 16.6. The summed E-state index contributed by atoms with van der Waals surface area (Å²) in [6, 6.07) is 6.35. The van der Waals surface area contributed by atoms with Crippen LogP contribution in [0.25, 0.3) is 0 Å². The van der Waals surface area contributed by atoms with E-state index in [4.69, 9.17) is 24.8 Å². The topological polar surface area (TPSA) is 235 Å². The smallest absolute Gasteiger partial charge is 0.423 e. The zero-order valence-electron chi connectivity index (χ0n) is 18.0. The fourth-order valence-corrected chi connectivity index (χ4v) is 2.90. The van der Waals surface area contributed by atoms with Crippen molar-refractivity contribution in [3.63, 3.8) is 0 Å². The Bertz CT molecular complexity index is 1030. The van der Waals surface area contributed by atoms with Gasteiger partial charge in [-0.3, -0.25) is 29.8 Å². The highest BCUT2D eigenvalue weighted by Crippen LogP contribution is 2.13. The van der Waals surface area contributed by atoms with Gasteiger partial charge in [0.1, 0.15) is 0 Å². The van der Waals surface area contributed by atoms with Crippen molar-refractivity contribution in [2.24, 2.45) is 0 Å². The van der Waals surface area contributed by atoms with E-state index < -0.39 is 47.3 Å². The van der Waals surface area contributed by atoms with Crippen molar-refractivity contribution in [1.29, 1.82) is 0 Å². The van der Waals surface area contributed by atoms with Crippen molar-refractivity contribution in [2.75, 3.05) is 26.3 Å². The van der Waals surface area contributed by atoms with Crippen LogP contribution in [0.1, 0.15) is 20.7 Å². The summed E-state index contributed by atoms with van der Waals surface area (Å²) in [5, 5.41) is 63.6. The standard InChI is InChI=1S/C18H20B2N4O11/c25-17(11-1-3-13(19(27)28)15(9-11)23(31)32)21-5-7-35-8-6-22-18(26)12-2-4-14(20(29)30)16(10-12)24(33)34/h1-4,9-10,27-30H,5-8H2,(H,21,25)(H,22,26). The summed E-state index contributed by atoms with van der Waals surface area (Å²) in [4.78, 5) is 44.7. The van der Waals surface area contributed by atoms with E-state index in [0.29, 0.717) is 0 Å². The molecule has 0 bridgehead atoms. The maximum absolute atomic E-state index is 12.1. The molecule has 0 aliphatic rings. The Kier molecular flexibility index (Phi) is 9.80. The molecule has 0 aliphatic carbocycles. The van der Waals surface area contributed by atoms with Crippen LogP contribution in [0.15, 0.2) is 36.4 Å². The van der Waals surface area contributed by atoms with Crippen molar-refractivity contribution in [2.45, 2.75) is 0 Å². The summed E-state index contributed by atoms with van der Waals surface area (Å²) >= 11 is 0. The average Bonchev–Trinajstić information content (AvgIpc) is 2.81. The van der Waals surface area contributed by atoms with Gasteiger partial charge in [0.2, 0.25) is 0 Å². The summed E-state index contributed by atoms with van der Waals surface area (Å²) < 4.78 is 5.25. The Morgan fingerprint density at radius 2 is 1.14 bits per heavy atom. The number of carbonyl (C=O) groups excluding carboxylic acids is 2. The highest BCUT2D eigenvalue weighted by molar-refractivity contribution is 6.60. The minimum atomic E-state index is -2.07. The number of hydrogen-bond donors (Lipinski definition) is 6. The first kappa shape index (κ1) is 27.4. The van der Waals surface area contributed by atoms with Crippen molar-refractivity contribution in [3.8, 4) is 0 Å². The second-order valence-electron chi connectivity index (χ2n) is 6.93. The number of rotatable bonds is 12. The Morgan fingerprint density at radius 3 is 1.46 bits per heavy atom. The summed E-state index contributed by atoms with van der Waals surface area (Å²) in [5.74, 6) is -1.30. The Balaban J connectivity index is 1.77. The third-order valence-corrected chi connectivity index (χ3v) is 4.60.